The standard InChI is InChI=1S/C29H35N3O4/c1-20-16-32(21(2)19-33)29(34)25-14-23(24-12-8-9-13-26(24)35-4)15-30-28(25)36-27(20)18-31(3)17-22-10-6-5-7-11-22/h5-15,20-21,27,33H,16-19H2,1-4H3/t20-,21-,27+/m1/s1. The number of carbonyl (C=O) groups is 1. The van der Waals surface area contributed by atoms with Crippen LogP contribution >= 0.6 is 0 Å². The Morgan fingerprint density at radius 1 is 1.17 bits per heavy atom. The molecule has 1 aromatic heterocycles. The molecule has 1 aliphatic rings. The van der Waals surface area contributed by atoms with Crippen molar-refractivity contribution in [3.05, 3.63) is 78.0 Å². The van der Waals surface area contributed by atoms with Crippen LogP contribution in [0.5, 0.6) is 11.6 Å². The fourth-order valence-corrected chi connectivity index (χ4v) is 4.62. The topological polar surface area (TPSA) is 75.1 Å². The minimum atomic E-state index is -0.330. The Bertz CT molecular complexity index is 1170. The Labute approximate surface area is 213 Å². The molecule has 0 bridgehead atoms. The lowest BCUT2D eigenvalue weighted by Crippen LogP contribution is -2.49. The van der Waals surface area contributed by atoms with Crippen LogP contribution < -0.4 is 9.47 Å². The zero-order valence-corrected chi connectivity index (χ0v) is 21.4. The Morgan fingerprint density at radius 3 is 2.61 bits per heavy atom. The number of likely N-dealkylation sites (N-methyl/N-ethyl adjacent to an activating group) is 1. The Hall–Kier alpha value is -3.42. The van der Waals surface area contributed by atoms with Gasteiger partial charge in [-0.1, -0.05) is 55.5 Å². The molecule has 3 atom stereocenters. The largest absolute Gasteiger partial charge is 0.496 e. The Kier molecular flexibility index (Phi) is 8.23. The number of carbonyl (C=O) groups excluding carboxylic acids is 1. The normalized spacial score (nSPS) is 18.7. The van der Waals surface area contributed by atoms with Gasteiger partial charge in [-0.25, -0.2) is 4.98 Å². The molecule has 0 spiro atoms. The van der Waals surface area contributed by atoms with Gasteiger partial charge >= 0.3 is 0 Å². The third-order valence-corrected chi connectivity index (χ3v) is 6.73. The lowest BCUT2D eigenvalue weighted by molar-refractivity contribution is 0.0325. The van der Waals surface area contributed by atoms with Crippen molar-refractivity contribution in [2.24, 2.45) is 5.92 Å². The number of nitrogens with zero attached hydrogens (tertiary/aromatic N) is 3. The summed E-state index contributed by atoms with van der Waals surface area (Å²) in [7, 11) is 3.69. The zero-order chi connectivity index (χ0) is 25.7. The number of rotatable bonds is 8. The summed E-state index contributed by atoms with van der Waals surface area (Å²) in [4.78, 5) is 22.3. The number of hydrogen-bond acceptors (Lipinski definition) is 6. The molecule has 0 saturated heterocycles. The molecule has 1 N–H and O–H groups in total. The van der Waals surface area contributed by atoms with Gasteiger partial charge in [0.1, 0.15) is 17.4 Å². The van der Waals surface area contributed by atoms with Crippen LogP contribution in [0.15, 0.2) is 66.9 Å². The summed E-state index contributed by atoms with van der Waals surface area (Å²) in [6.07, 6.45) is 1.53. The van der Waals surface area contributed by atoms with Gasteiger partial charge in [-0.05, 0) is 31.7 Å². The highest BCUT2D eigenvalue weighted by Crippen LogP contribution is 2.34. The van der Waals surface area contributed by atoms with Gasteiger partial charge in [0.25, 0.3) is 5.91 Å². The van der Waals surface area contributed by atoms with Gasteiger partial charge in [0.15, 0.2) is 0 Å². The molecule has 0 aliphatic carbocycles. The first-order valence-corrected chi connectivity index (χ1v) is 12.4. The fraction of sp³-hybridized carbons (Fsp3) is 0.379. The van der Waals surface area contributed by atoms with Crippen molar-refractivity contribution < 1.29 is 19.4 Å². The number of aliphatic hydroxyl groups is 1. The zero-order valence-electron chi connectivity index (χ0n) is 21.4. The SMILES string of the molecule is COc1ccccc1-c1cnc2c(c1)C(=O)N([C@H](C)CO)C[C@@H](C)[C@H](CN(C)Cc1ccccc1)O2. The number of fused-ring (bicyclic) bond motifs is 1. The maximum Gasteiger partial charge on any atom is 0.259 e. The summed E-state index contributed by atoms with van der Waals surface area (Å²) >= 11 is 0. The molecule has 0 radical (unpaired) electrons. The second-order valence-corrected chi connectivity index (χ2v) is 9.58. The molecule has 1 aliphatic heterocycles. The van der Waals surface area contributed by atoms with Crippen molar-refractivity contribution >= 4 is 5.91 Å². The average Bonchev–Trinajstić information content (AvgIpc) is 2.90. The molecule has 0 fully saturated rings. The molecule has 190 valence electrons. The second-order valence-electron chi connectivity index (χ2n) is 9.58. The number of aromatic nitrogens is 1. The number of hydrogen-bond donors (Lipinski definition) is 1. The van der Waals surface area contributed by atoms with Crippen molar-refractivity contribution in [3.63, 3.8) is 0 Å². The summed E-state index contributed by atoms with van der Waals surface area (Å²) < 4.78 is 12.0. The minimum absolute atomic E-state index is 0.0324. The Balaban J connectivity index is 1.68. The molecular formula is C29H35N3O4. The average molecular weight is 490 g/mol. The van der Waals surface area contributed by atoms with E-state index in [-0.39, 0.29) is 30.6 Å². The predicted molar refractivity (Wildman–Crippen MR) is 140 cm³/mol. The number of aliphatic hydroxyl groups excluding tert-OH is 1. The van der Waals surface area contributed by atoms with Crippen molar-refractivity contribution in [1.29, 1.82) is 0 Å². The van der Waals surface area contributed by atoms with Crippen LogP contribution in [0, 0.1) is 5.92 Å². The van der Waals surface area contributed by atoms with Gasteiger partial charge in [-0.3, -0.25) is 9.69 Å². The van der Waals surface area contributed by atoms with Crippen molar-refractivity contribution in [3.8, 4) is 22.8 Å². The molecular weight excluding hydrogens is 454 g/mol. The number of amides is 1. The highest BCUT2D eigenvalue weighted by molar-refractivity contribution is 5.98. The lowest BCUT2D eigenvalue weighted by Gasteiger charge is -2.37. The second kappa shape index (κ2) is 11.5. The van der Waals surface area contributed by atoms with Crippen LogP contribution in [0.2, 0.25) is 0 Å². The molecule has 3 aromatic rings. The van der Waals surface area contributed by atoms with E-state index in [0.717, 1.165) is 17.7 Å². The summed E-state index contributed by atoms with van der Waals surface area (Å²) in [5, 5.41) is 9.91. The van der Waals surface area contributed by atoms with E-state index in [0.29, 0.717) is 30.3 Å². The molecule has 36 heavy (non-hydrogen) atoms. The van der Waals surface area contributed by atoms with E-state index < -0.39 is 0 Å². The highest BCUT2D eigenvalue weighted by atomic mass is 16.5. The molecule has 4 rings (SSSR count). The van der Waals surface area contributed by atoms with E-state index in [9.17, 15) is 9.90 Å². The van der Waals surface area contributed by atoms with E-state index in [1.54, 1.807) is 18.2 Å². The van der Waals surface area contributed by atoms with Crippen LogP contribution in [0.1, 0.15) is 29.8 Å². The monoisotopic (exact) mass is 489 g/mol. The van der Waals surface area contributed by atoms with Crippen molar-refractivity contribution in [2.75, 3.05) is 33.9 Å². The van der Waals surface area contributed by atoms with Crippen molar-refractivity contribution in [2.45, 2.75) is 32.5 Å². The molecule has 2 heterocycles. The summed E-state index contributed by atoms with van der Waals surface area (Å²) in [6.45, 7) is 5.76. The summed E-state index contributed by atoms with van der Waals surface area (Å²) in [6, 6.07) is 19.4. The predicted octanol–water partition coefficient (Wildman–Crippen LogP) is 4.11. The van der Waals surface area contributed by atoms with Crippen LogP contribution in [0.25, 0.3) is 11.1 Å². The third kappa shape index (κ3) is 5.69. The maximum atomic E-state index is 13.7. The first-order valence-electron chi connectivity index (χ1n) is 12.4. The number of pyridine rings is 1. The smallest absolute Gasteiger partial charge is 0.259 e. The molecule has 0 saturated carbocycles. The van der Waals surface area contributed by atoms with Gasteiger partial charge in [-0.15, -0.1) is 0 Å². The first-order chi connectivity index (χ1) is 17.4. The van der Waals surface area contributed by atoms with E-state index in [2.05, 4.69) is 36.0 Å². The van der Waals surface area contributed by atoms with E-state index in [1.165, 1.54) is 5.56 Å². The van der Waals surface area contributed by atoms with E-state index in [1.807, 2.05) is 55.5 Å². The minimum Gasteiger partial charge on any atom is -0.496 e. The van der Waals surface area contributed by atoms with Crippen LogP contribution in [0.3, 0.4) is 0 Å². The number of ether oxygens (including phenoxy) is 2. The van der Waals surface area contributed by atoms with E-state index in [4.69, 9.17) is 9.47 Å². The van der Waals surface area contributed by atoms with Gasteiger partial charge in [0, 0.05) is 42.9 Å². The van der Waals surface area contributed by atoms with Crippen LogP contribution in [-0.4, -0.2) is 71.8 Å². The lowest BCUT2D eigenvalue weighted by atomic mass is 9.99. The van der Waals surface area contributed by atoms with Gasteiger partial charge < -0.3 is 19.5 Å². The number of benzene rings is 2. The third-order valence-electron chi connectivity index (χ3n) is 6.73. The number of para-hydroxylation sites is 1. The molecule has 7 heteroatoms. The molecule has 2 aromatic carbocycles. The Morgan fingerprint density at radius 2 is 1.89 bits per heavy atom. The van der Waals surface area contributed by atoms with Crippen LogP contribution in [0.4, 0.5) is 0 Å². The van der Waals surface area contributed by atoms with Gasteiger partial charge in [0.2, 0.25) is 5.88 Å². The maximum absolute atomic E-state index is 13.7. The van der Waals surface area contributed by atoms with E-state index >= 15 is 0 Å². The molecule has 7 nitrogen and oxygen atoms in total. The molecule has 0 unspecified atom stereocenters. The quantitative estimate of drug-likeness (QED) is 0.513. The summed E-state index contributed by atoms with van der Waals surface area (Å²) in [5.74, 6) is 0.857. The first kappa shape index (κ1) is 25.7. The summed E-state index contributed by atoms with van der Waals surface area (Å²) in [5.41, 5.74) is 3.23. The van der Waals surface area contributed by atoms with Gasteiger partial charge in [0.05, 0.1) is 19.8 Å². The fourth-order valence-electron chi connectivity index (χ4n) is 4.62. The molecule has 1 amide bonds. The van der Waals surface area contributed by atoms with Crippen LogP contribution in [-0.2, 0) is 6.54 Å². The number of methoxy groups -OCH3 is 1. The van der Waals surface area contributed by atoms with Crippen molar-refractivity contribution in [1.82, 2.24) is 14.8 Å². The highest BCUT2D eigenvalue weighted by Gasteiger charge is 2.34. The van der Waals surface area contributed by atoms with Gasteiger partial charge in [-0.2, -0.15) is 0 Å².